The summed E-state index contributed by atoms with van der Waals surface area (Å²) in [7, 11) is 0. The van der Waals surface area contributed by atoms with Gasteiger partial charge in [0, 0.05) is 0 Å². The van der Waals surface area contributed by atoms with E-state index in [-0.39, 0.29) is 0 Å². The van der Waals surface area contributed by atoms with Crippen LogP contribution in [0, 0.1) is 0 Å². The Morgan fingerprint density at radius 1 is 0.778 bits per heavy atom. The van der Waals surface area contributed by atoms with Crippen molar-refractivity contribution in [3.05, 3.63) is 71.8 Å². The van der Waals surface area contributed by atoms with Gasteiger partial charge in [0.25, 0.3) is 0 Å². The molecule has 0 fully saturated rings. The monoisotopic (exact) mass is 312 g/mol. The molecule has 0 nitrogen and oxygen atoms in total. The van der Waals surface area contributed by atoms with Gasteiger partial charge in [0.2, 0.25) is 0 Å². The van der Waals surface area contributed by atoms with Crippen LogP contribution in [0.1, 0.15) is 11.1 Å². The summed E-state index contributed by atoms with van der Waals surface area (Å²) < 4.78 is 0. The van der Waals surface area contributed by atoms with Crippen molar-refractivity contribution in [1.82, 2.24) is 0 Å². The molecule has 0 aliphatic carbocycles. The largest absolute Gasteiger partial charge is 0.373 e. The topological polar surface area (TPSA) is 0 Å². The molecular formula is C14H11Cl3Si. The number of halogens is 3. The highest BCUT2D eigenvalue weighted by Crippen LogP contribution is 2.37. The van der Waals surface area contributed by atoms with E-state index in [0.29, 0.717) is 0 Å². The summed E-state index contributed by atoms with van der Waals surface area (Å²) in [5.41, 5.74) is 2.00. The molecule has 0 amide bonds. The molecule has 0 N–H and O–H groups in total. The SMILES string of the molecule is Cl[Si](Cl)(Cl)/C(=C\c1ccccc1)c1ccccc1. The fourth-order valence-corrected chi connectivity index (χ4v) is 3.96. The van der Waals surface area contributed by atoms with Crippen molar-refractivity contribution in [2.24, 2.45) is 0 Å². The third-order valence-corrected chi connectivity index (χ3v) is 5.38. The van der Waals surface area contributed by atoms with E-state index >= 15 is 0 Å². The lowest BCUT2D eigenvalue weighted by Gasteiger charge is -2.14. The first-order valence-corrected chi connectivity index (χ1v) is 10.5. The van der Waals surface area contributed by atoms with Crippen LogP contribution < -0.4 is 0 Å². The van der Waals surface area contributed by atoms with Crippen molar-refractivity contribution in [3.63, 3.8) is 0 Å². The molecule has 2 aromatic rings. The molecule has 0 bridgehead atoms. The van der Waals surface area contributed by atoms with Gasteiger partial charge in [0.1, 0.15) is 0 Å². The van der Waals surface area contributed by atoms with Crippen LogP contribution in [0.3, 0.4) is 0 Å². The highest BCUT2D eigenvalue weighted by Gasteiger charge is 2.31. The summed E-state index contributed by atoms with van der Waals surface area (Å²) in [6.45, 7) is 0. The maximum absolute atomic E-state index is 6.19. The molecule has 92 valence electrons. The molecule has 0 spiro atoms. The van der Waals surface area contributed by atoms with E-state index < -0.39 is 6.00 Å². The summed E-state index contributed by atoms with van der Waals surface area (Å²) in [5.74, 6) is 0. The predicted molar refractivity (Wildman–Crippen MR) is 84.1 cm³/mol. The highest BCUT2D eigenvalue weighted by molar-refractivity contribution is 7.71. The molecule has 0 aliphatic heterocycles. The molecule has 0 atom stereocenters. The zero-order chi connectivity index (χ0) is 13.0. The second-order valence-corrected chi connectivity index (χ2v) is 12.2. The van der Waals surface area contributed by atoms with Crippen molar-refractivity contribution in [1.29, 1.82) is 0 Å². The first kappa shape index (κ1) is 13.7. The Kier molecular flexibility index (Phi) is 4.52. The molecule has 2 aromatic carbocycles. The van der Waals surface area contributed by atoms with E-state index in [1.807, 2.05) is 66.7 Å². The first-order chi connectivity index (χ1) is 8.57. The van der Waals surface area contributed by atoms with E-state index in [1.165, 1.54) is 0 Å². The smallest absolute Gasteiger partial charge is 0.121 e. The highest BCUT2D eigenvalue weighted by atomic mass is 35.8. The predicted octanol–water partition coefficient (Wildman–Crippen LogP) is 5.42. The van der Waals surface area contributed by atoms with Gasteiger partial charge in [-0.15, -0.1) is 33.2 Å². The fraction of sp³-hybridized carbons (Fsp3) is 0. The van der Waals surface area contributed by atoms with Crippen LogP contribution in [0.4, 0.5) is 0 Å². The van der Waals surface area contributed by atoms with E-state index in [1.54, 1.807) is 0 Å². The molecule has 0 saturated carbocycles. The van der Waals surface area contributed by atoms with Crippen molar-refractivity contribution < 1.29 is 0 Å². The summed E-state index contributed by atoms with van der Waals surface area (Å²) in [5, 5.41) is 0.805. The second kappa shape index (κ2) is 5.94. The number of hydrogen-bond acceptors (Lipinski definition) is 0. The molecule has 4 heteroatoms. The Labute approximate surface area is 122 Å². The average molecular weight is 314 g/mol. The standard InChI is InChI=1S/C14H11Cl3Si/c15-18(16,17)14(13-9-5-2-6-10-13)11-12-7-3-1-4-8-12/h1-11H/b14-11-. The van der Waals surface area contributed by atoms with Crippen LogP contribution in [-0.2, 0) is 0 Å². The fourth-order valence-electron chi connectivity index (χ4n) is 1.66. The average Bonchev–Trinajstić information content (AvgIpc) is 2.37. The van der Waals surface area contributed by atoms with Gasteiger partial charge < -0.3 is 0 Å². The van der Waals surface area contributed by atoms with Crippen molar-refractivity contribution in [3.8, 4) is 0 Å². The summed E-state index contributed by atoms with van der Waals surface area (Å²) >= 11 is 18.6. The third kappa shape index (κ3) is 3.63. The van der Waals surface area contributed by atoms with Crippen LogP contribution in [0.5, 0.6) is 0 Å². The maximum atomic E-state index is 6.19. The molecule has 0 saturated heterocycles. The number of benzene rings is 2. The van der Waals surface area contributed by atoms with E-state index in [9.17, 15) is 0 Å². The normalized spacial score (nSPS) is 12.5. The van der Waals surface area contributed by atoms with Gasteiger partial charge in [0.15, 0.2) is 0 Å². The van der Waals surface area contributed by atoms with Crippen molar-refractivity contribution in [2.45, 2.75) is 0 Å². The number of hydrogen-bond donors (Lipinski definition) is 0. The minimum atomic E-state index is -2.93. The Hall–Kier alpha value is -0.733. The second-order valence-electron chi connectivity index (χ2n) is 3.83. The Morgan fingerprint density at radius 3 is 1.78 bits per heavy atom. The molecular weight excluding hydrogens is 303 g/mol. The van der Waals surface area contributed by atoms with E-state index in [2.05, 4.69) is 0 Å². The zero-order valence-electron chi connectivity index (χ0n) is 9.48. The first-order valence-electron chi connectivity index (χ1n) is 5.47. The van der Waals surface area contributed by atoms with Crippen LogP contribution in [0.15, 0.2) is 60.7 Å². The van der Waals surface area contributed by atoms with Gasteiger partial charge in [-0.25, -0.2) is 0 Å². The number of rotatable bonds is 3. The van der Waals surface area contributed by atoms with Gasteiger partial charge in [-0.1, -0.05) is 66.7 Å². The van der Waals surface area contributed by atoms with Gasteiger partial charge in [0.05, 0.1) is 0 Å². The lowest BCUT2D eigenvalue weighted by molar-refractivity contribution is 1.63. The Morgan fingerprint density at radius 2 is 1.28 bits per heavy atom. The van der Waals surface area contributed by atoms with Gasteiger partial charge in [-0.3, -0.25) is 0 Å². The van der Waals surface area contributed by atoms with Crippen LogP contribution in [0.25, 0.3) is 11.3 Å². The molecule has 18 heavy (non-hydrogen) atoms. The van der Waals surface area contributed by atoms with Crippen LogP contribution in [-0.4, -0.2) is 6.00 Å². The Balaban J connectivity index is 2.48. The molecule has 0 heterocycles. The molecule has 0 unspecified atom stereocenters. The lowest BCUT2D eigenvalue weighted by atomic mass is 10.1. The molecule has 0 aliphatic rings. The van der Waals surface area contributed by atoms with Gasteiger partial charge >= 0.3 is 6.00 Å². The molecule has 0 radical (unpaired) electrons. The third-order valence-electron chi connectivity index (χ3n) is 2.50. The van der Waals surface area contributed by atoms with Gasteiger partial charge in [-0.2, -0.15) is 0 Å². The summed E-state index contributed by atoms with van der Waals surface area (Å²) in [4.78, 5) is 0. The molecule has 0 aromatic heterocycles. The maximum Gasteiger partial charge on any atom is 0.373 e. The quantitative estimate of drug-likeness (QED) is 0.403. The van der Waals surface area contributed by atoms with Crippen LogP contribution >= 0.6 is 33.2 Å². The van der Waals surface area contributed by atoms with E-state index in [0.717, 1.165) is 16.3 Å². The minimum absolute atomic E-state index is 0.805. The lowest BCUT2D eigenvalue weighted by Crippen LogP contribution is -2.13. The van der Waals surface area contributed by atoms with Crippen molar-refractivity contribution >= 4 is 50.5 Å². The molecule has 2 rings (SSSR count). The Bertz CT molecular complexity index is 530. The summed E-state index contributed by atoms with van der Waals surface area (Å²) in [6.07, 6.45) is 1.95. The zero-order valence-corrected chi connectivity index (χ0v) is 12.8. The van der Waals surface area contributed by atoms with Crippen molar-refractivity contribution in [2.75, 3.05) is 0 Å². The van der Waals surface area contributed by atoms with Gasteiger partial charge in [-0.05, 0) is 16.3 Å². The minimum Gasteiger partial charge on any atom is -0.121 e. The van der Waals surface area contributed by atoms with E-state index in [4.69, 9.17) is 33.2 Å². The van der Waals surface area contributed by atoms with Crippen LogP contribution in [0.2, 0.25) is 0 Å². The summed E-state index contributed by atoms with van der Waals surface area (Å²) in [6, 6.07) is 16.7.